The van der Waals surface area contributed by atoms with Crippen LogP contribution in [0.4, 0.5) is 0 Å². The lowest BCUT2D eigenvalue weighted by Crippen LogP contribution is -2.65. The predicted molar refractivity (Wildman–Crippen MR) is 79.2 cm³/mol. The van der Waals surface area contributed by atoms with Crippen molar-refractivity contribution in [2.45, 2.75) is 70.9 Å². The number of rotatable bonds is 3. The molecule has 0 N–H and O–H groups in total. The van der Waals surface area contributed by atoms with Crippen LogP contribution in [0.5, 0.6) is 0 Å². The molecule has 4 aliphatic rings. The summed E-state index contributed by atoms with van der Waals surface area (Å²) in [5.74, 6) is 2.00. The van der Waals surface area contributed by atoms with E-state index in [0.29, 0.717) is 17.3 Å². The third-order valence-electron chi connectivity index (χ3n) is 5.96. The lowest BCUT2D eigenvalue weighted by Gasteiger charge is -2.64. The standard InChI is InChI=1S/C15H26BClO2/c1-9(2)6-13(17)16-18-12-8-10-7-11(14(10,3)4)15(12,5)19-16/h9-13H,6-8H2,1-5H3/t10?,11?,12-,13-,15+/m1/s1. The highest BCUT2D eigenvalue weighted by atomic mass is 35.5. The SMILES string of the molecule is CC(C)C[C@@H](Cl)B1O[C@@H]2CC3CC(C3(C)C)[C@]2(C)O1. The van der Waals surface area contributed by atoms with Gasteiger partial charge in [-0.25, -0.2) is 0 Å². The Labute approximate surface area is 122 Å². The molecule has 108 valence electrons. The first-order valence-electron chi connectivity index (χ1n) is 7.72. The molecule has 5 atom stereocenters. The van der Waals surface area contributed by atoms with E-state index in [4.69, 9.17) is 20.9 Å². The molecule has 1 heterocycles. The van der Waals surface area contributed by atoms with E-state index < -0.39 is 0 Å². The fourth-order valence-electron chi connectivity index (χ4n) is 4.61. The molecule has 1 saturated heterocycles. The van der Waals surface area contributed by atoms with E-state index in [0.717, 1.165) is 18.8 Å². The number of hydrogen-bond acceptors (Lipinski definition) is 2. The highest BCUT2D eigenvalue weighted by molar-refractivity contribution is 6.59. The van der Waals surface area contributed by atoms with Crippen LogP contribution >= 0.6 is 11.6 Å². The fraction of sp³-hybridized carbons (Fsp3) is 1.00. The van der Waals surface area contributed by atoms with Gasteiger partial charge in [0.1, 0.15) is 0 Å². The van der Waals surface area contributed by atoms with Crippen molar-refractivity contribution in [1.29, 1.82) is 0 Å². The van der Waals surface area contributed by atoms with E-state index in [9.17, 15) is 0 Å². The van der Waals surface area contributed by atoms with Gasteiger partial charge in [0.05, 0.1) is 17.0 Å². The molecule has 0 aromatic rings. The molecule has 4 rings (SSSR count). The van der Waals surface area contributed by atoms with E-state index in [1.165, 1.54) is 6.42 Å². The Morgan fingerprint density at radius 3 is 2.53 bits per heavy atom. The average Bonchev–Trinajstić information content (AvgIpc) is 2.64. The molecule has 1 aliphatic heterocycles. The summed E-state index contributed by atoms with van der Waals surface area (Å²) in [5.41, 5.74) is 0.288. The second-order valence-electron chi connectivity index (χ2n) is 7.98. The summed E-state index contributed by atoms with van der Waals surface area (Å²) in [6.45, 7) is 11.4. The lowest BCUT2D eigenvalue weighted by atomic mass is 9.43. The Hall–Kier alpha value is 0.275. The summed E-state index contributed by atoms with van der Waals surface area (Å²) >= 11 is 6.49. The van der Waals surface area contributed by atoms with Gasteiger partial charge in [0.15, 0.2) is 0 Å². The van der Waals surface area contributed by atoms with Gasteiger partial charge in [-0.05, 0) is 49.4 Å². The zero-order valence-corrected chi connectivity index (χ0v) is 13.5. The maximum atomic E-state index is 6.49. The van der Waals surface area contributed by atoms with E-state index in [2.05, 4.69) is 34.6 Å². The molecule has 3 aliphatic carbocycles. The van der Waals surface area contributed by atoms with Crippen LogP contribution in [0.3, 0.4) is 0 Å². The topological polar surface area (TPSA) is 18.5 Å². The van der Waals surface area contributed by atoms with E-state index >= 15 is 0 Å². The van der Waals surface area contributed by atoms with Crippen molar-refractivity contribution in [1.82, 2.24) is 0 Å². The average molecular weight is 285 g/mol. The molecular formula is C15H26BClO2. The van der Waals surface area contributed by atoms with Crippen molar-refractivity contribution in [3.8, 4) is 0 Å². The normalized spacial score (nSPS) is 45.0. The molecule has 19 heavy (non-hydrogen) atoms. The van der Waals surface area contributed by atoms with Gasteiger partial charge in [0.25, 0.3) is 0 Å². The summed E-state index contributed by atoms with van der Waals surface area (Å²) in [5, 5.41) is -0.0252. The lowest BCUT2D eigenvalue weighted by molar-refractivity contribution is -0.199. The van der Waals surface area contributed by atoms with Crippen LogP contribution in [0, 0.1) is 23.2 Å². The fourth-order valence-corrected chi connectivity index (χ4v) is 5.08. The second kappa shape index (κ2) is 4.38. The van der Waals surface area contributed by atoms with Crippen molar-refractivity contribution < 1.29 is 9.31 Å². The Balaban J connectivity index is 1.74. The van der Waals surface area contributed by atoms with E-state index in [-0.39, 0.29) is 24.1 Å². The van der Waals surface area contributed by atoms with Gasteiger partial charge in [-0.3, -0.25) is 0 Å². The molecule has 0 aromatic heterocycles. The van der Waals surface area contributed by atoms with Crippen LogP contribution in [-0.2, 0) is 9.31 Å². The summed E-state index contributed by atoms with van der Waals surface area (Å²) in [6.07, 6.45) is 3.64. The quantitative estimate of drug-likeness (QED) is 0.578. The third-order valence-corrected chi connectivity index (χ3v) is 6.34. The van der Waals surface area contributed by atoms with Crippen LogP contribution in [-0.4, -0.2) is 24.1 Å². The molecule has 4 fully saturated rings. The third kappa shape index (κ3) is 1.99. The Morgan fingerprint density at radius 2 is 1.95 bits per heavy atom. The Kier molecular flexibility index (Phi) is 3.28. The maximum absolute atomic E-state index is 6.49. The molecule has 0 amide bonds. The van der Waals surface area contributed by atoms with Crippen molar-refractivity contribution in [3.05, 3.63) is 0 Å². The molecular weight excluding hydrogens is 258 g/mol. The second-order valence-corrected chi connectivity index (χ2v) is 8.54. The van der Waals surface area contributed by atoms with Gasteiger partial charge in [-0.15, -0.1) is 11.6 Å². The predicted octanol–water partition coefficient (Wildman–Crippen LogP) is 3.91. The largest absolute Gasteiger partial charge is 0.476 e. The minimum absolute atomic E-state index is 0.0252. The van der Waals surface area contributed by atoms with E-state index in [1.807, 2.05) is 0 Å². The van der Waals surface area contributed by atoms with Crippen LogP contribution in [0.1, 0.15) is 53.9 Å². The molecule has 2 bridgehead atoms. The van der Waals surface area contributed by atoms with Crippen molar-refractivity contribution >= 4 is 18.7 Å². The summed E-state index contributed by atoms with van der Waals surface area (Å²) in [4.78, 5) is 0. The van der Waals surface area contributed by atoms with Gasteiger partial charge < -0.3 is 9.31 Å². The highest BCUT2D eigenvalue weighted by Crippen LogP contribution is 2.65. The van der Waals surface area contributed by atoms with E-state index in [1.54, 1.807) is 0 Å². The van der Waals surface area contributed by atoms with Crippen LogP contribution in [0.15, 0.2) is 0 Å². The molecule has 3 saturated carbocycles. The van der Waals surface area contributed by atoms with Crippen LogP contribution in [0.2, 0.25) is 0 Å². The molecule has 2 unspecified atom stereocenters. The first-order valence-corrected chi connectivity index (χ1v) is 8.16. The van der Waals surface area contributed by atoms with Gasteiger partial charge in [0.2, 0.25) is 0 Å². The van der Waals surface area contributed by atoms with Gasteiger partial charge in [-0.2, -0.15) is 0 Å². The summed E-state index contributed by atoms with van der Waals surface area (Å²) in [7, 11) is -0.214. The van der Waals surface area contributed by atoms with Crippen LogP contribution in [0.25, 0.3) is 0 Å². The summed E-state index contributed by atoms with van der Waals surface area (Å²) < 4.78 is 12.5. The van der Waals surface area contributed by atoms with Crippen molar-refractivity contribution in [3.63, 3.8) is 0 Å². The molecule has 4 heteroatoms. The number of hydrogen-bond donors (Lipinski definition) is 0. The molecule has 2 nitrogen and oxygen atoms in total. The van der Waals surface area contributed by atoms with Gasteiger partial charge in [0, 0.05) is 0 Å². The number of alkyl halides is 1. The molecule has 0 radical (unpaired) electrons. The summed E-state index contributed by atoms with van der Waals surface area (Å²) in [6, 6.07) is 0. The van der Waals surface area contributed by atoms with Crippen LogP contribution < -0.4 is 0 Å². The van der Waals surface area contributed by atoms with Crippen molar-refractivity contribution in [2.75, 3.05) is 0 Å². The minimum atomic E-state index is -0.214. The smallest absolute Gasteiger partial charge is 0.404 e. The Morgan fingerprint density at radius 1 is 1.26 bits per heavy atom. The first kappa shape index (κ1) is 14.2. The zero-order valence-electron chi connectivity index (χ0n) is 12.8. The number of halogens is 1. The maximum Gasteiger partial charge on any atom is 0.476 e. The minimum Gasteiger partial charge on any atom is -0.404 e. The van der Waals surface area contributed by atoms with Crippen molar-refractivity contribution in [2.24, 2.45) is 23.2 Å². The van der Waals surface area contributed by atoms with Gasteiger partial charge in [-0.1, -0.05) is 27.7 Å². The molecule has 0 aromatic carbocycles. The van der Waals surface area contributed by atoms with Gasteiger partial charge >= 0.3 is 7.12 Å². The monoisotopic (exact) mass is 284 g/mol. The molecule has 0 spiro atoms. The Bertz CT molecular complexity index is 373. The first-order chi connectivity index (χ1) is 8.75. The highest BCUT2D eigenvalue weighted by Gasteiger charge is 2.68. The zero-order chi connectivity index (χ0) is 14.0.